The number of benzene rings is 2. The third-order valence-electron chi connectivity index (χ3n) is 6.46. The van der Waals surface area contributed by atoms with Crippen LogP contribution in [0.25, 0.3) is 0 Å². The molecule has 1 aliphatic heterocycles. The second-order valence-electron chi connectivity index (χ2n) is 9.55. The first kappa shape index (κ1) is 27.1. The van der Waals surface area contributed by atoms with E-state index in [9.17, 15) is 18.3 Å². The number of carbonyl (C=O) groups is 1. The van der Waals surface area contributed by atoms with Gasteiger partial charge in [0.25, 0.3) is 15.9 Å². The number of amides is 1. The number of carbonyl (C=O) groups excluding carboxylic acids is 1. The Bertz CT molecular complexity index is 1300. The van der Waals surface area contributed by atoms with E-state index in [2.05, 4.69) is 21.8 Å². The Labute approximate surface area is 222 Å². The Morgan fingerprint density at radius 1 is 1.19 bits per heavy atom. The molecule has 198 valence electrons. The lowest BCUT2D eigenvalue weighted by atomic mass is 9.99. The predicted molar refractivity (Wildman–Crippen MR) is 146 cm³/mol. The van der Waals surface area contributed by atoms with E-state index in [4.69, 9.17) is 4.74 Å². The fourth-order valence-corrected chi connectivity index (χ4v) is 6.43. The molecule has 1 amide bonds. The molecule has 0 saturated carbocycles. The molecular weight excluding hydrogens is 510 g/mol. The number of fused-ring (bicyclic) bond motifs is 1. The molecule has 2 aromatic carbocycles. The summed E-state index contributed by atoms with van der Waals surface area (Å²) in [6.07, 6.45) is -0.234. The van der Waals surface area contributed by atoms with Crippen LogP contribution in [-0.4, -0.2) is 68.1 Å². The maximum absolute atomic E-state index is 13.6. The fraction of sp³-hybridized carbons (Fsp3) is 0.370. The molecule has 4 rings (SSSR count). The summed E-state index contributed by atoms with van der Waals surface area (Å²) in [4.78, 5) is 17.4. The lowest BCUT2D eigenvalue weighted by Crippen LogP contribution is -2.49. The number of rotatable bonds is 9. The van der Waals surface area contributed by atoms with Crippen LogP contribution in [0.2, 0.25) is 0 Å². The quantitative estimate of drug-likeness (QED) is 0.425. The molecule has 0 saturated heterocycles. The monoisotopic (exact) mass is 543 g/mol. The predicted octanol–water partition coefficient (Wildman–Crippen LogP) is 3.90. The first-order chi connectivity index (χ1) is 17.7. The van der Waals surface area contributed by atoms with Gasteiger partial charge in [-0.05, 0) is 49.2 Å². The third-order valence-corrected chi connectivity index (χ3v) is 9.24. The average molecular weight is 544 g/mol. The van der Waals surface area contributed by atoms with Crippen LogP contribution in [0, 0.1) is 5.92 Å². The van der Waals surface area contributed by atoms with Crippen LogP contribution in [0.3, 0.4) is 0 Å². The molecule has 3 atom stereocenters. The van der Waals surface area contributed by atoms with Crippen molar-refractivity contribution < 1.29 is 23.1 Å². The number of thiophene rings is 1. The molecular formula is C27H33N3O5S2. The van der Waals surface area contributed by atoms with Crippen molar-refractivity contribution in [1.82, 2.24) is 9.80 Å². The minimum atomic E-state index is -3.77. The van der Waals surface area contributed by atoms with Gasteiger partial charge in [-0.2, -0.15) is 0 Å². The van der Waals surface area contributed by atoms with Crippen molar-refractivity contribution in [3.8, 4) is 5.75 Å². The Balaban J connectivity index is 1.63. The first-order valence-electron chi connectivity index (χ1n) is 12.2. The van der Waals surface area contributed by atoms with Crippen molar-refractivity contribution in [3.05, 3.63) is 77.2 Å². The van der Waals surface area contributed by atoms with Crippen molar-refractivity contribution in [1.29, 1.82) is 0 Å². The number of ether oxygens (including phenoxy) is 1. The number of hydrogen-bond acceptors (Lipinski definition) is 7. The molecule has 0 fully saturated rings. The normalized spacial score (nSPS) is 19.1. The number of likely N-dealkylation sites (N-methyl/N-ethyl adjacent to an activating group) is 1. The Morgan fingerprint density at radius 3 is 2.62 bits per heavy atom. The van der Waals surface area contributed by atoms with Crippen LogP contribution in [0.15, 0.2) is 70.3 Å². The molecule has 2 N–H and O–H groups in total. The van der Waals surface area contributed by atoms with E-state index < -0.39 is 16.1 Å². The van der Waals surface area contributed by atoms with E-state index in [0.717, 1.165) is 17.9 Å². The highest BCUT2D eigenvalue weighted by molar-refractivity contribution is 7.94. The van der Waals surface area contributed by atoms with E-state index in [1.807, 2.05) is 32.2 Å². The molecule has 37 heavy (non-hydrogen) atoms. The summed E-state index contributed by atoms with van der Waals surface area (Å²) in [5.74, 6) is 0.0712. The number of aliphatic hydroxyl groups excluding tert-OH is 1. The minimum Gasteiger partial charge on any atom is -0.488 e. The number of nitrogens with zero attached hydrogens (tertiary/aromatic N) is 2. The van der Waals surface area contributed by atoms with E-state index in [1.54, 1.807) is 35.4 Å². The molecule has 10 heteroatoms. The van der Waals surface area contributed by atoms with Crippen LogP contribution in [0.4, 0.5) is 5.69 Å². The SMILES string of the molecule is C[C@@H]1CN([C@@H](C)CO)C(=O)c2cc(NS(=O)(=O)c3cccs3)ccc2O[C@H]1CN(C)Cc1ccccc1. The standard InChI is InChI=1S/C27H33N3O5S2/c1-19-15-30(20(2)18-31)27(32)23-14-22(28-37(33,34)26-10-7-13-36-26)11-12-24(23)35-25(19)17-29(3)16-21-8-5-4-6-9-21/h4-14,19-20,25,28,31H,15-18H2,1-3H3/t19-,20+,25+/m1/s1. The maximum Gasteiger partial charge on any atom is 0.271 e. The molecule has 1 aliphatic rings. The highest BCUT2D eigenvalue weighted by Crippen LogP contribution is 2.32. The van der Waals surface area contributed by atoms with Crippen molar-refractivity contribution in [2.45, 2.75) is 36.7 Å². The molecule has 0 aliphatic carbocycles. The lowest BCUT2D eigenvalue weighted by molar-refractivity contribution is 0.0341. The lowest BCUT2D eigenvalue weighted by Gasteiger charge is -2.38. The summed E-state index contributed by atoms with van der Waals surface area (Å²) in [7, 11) is -1.74. The highest BCUT2D eigenvalue weighted by atomic mass is 32.2. The topological polar surface area (TPSA) is 99.2 Å². The van der Waals surface area contributed by atoms with Gasteiger partial charge in [-0.3, -0.25) is 14.4 Å². The first-order valence-corrected chi connectivity index (χ1v) is 14.6. The molecule has 8 nitrogen and oxygen atoms in total. The molecule has 0 bridgehead atoms. The molecule has 0 radical (unpaired) electrons. The number of sulfonamides is 1. The number of aliphatic hydroxyl groups is 1. The van der Waals surface area contributed by atoms with Crippen molar-refractivity contribution >= 4 is 33.0 Å². The molecule has 0 spiro atoms. The maximum atomic E-state index is 13.6. The Hall–Kier alpha value is -2.92. The summed E-state index contributed by atoms with van der Waals surface area (Å²) >= 11 is 1.12. The zero-order valence-electron chi connectivity index (χ0n) is 21.2. The minimum absolute atomic E-state index is 0.0127. The number of hydrogen-bond donors (Lipinski definition) is 2. The van der Waals surface area contributed by atoms with Gasteiger partial charge in [0.2, 0.25) is 0 Å². The zero-order valence-corrected chi connectivity index (χ0v) is 22.8. The van der Waals surface area contributed by atoms with Crippen molar-refractivity contribution in [3.63, 3.8) is 0 Å². The van der Waals surface area contributed by atoms with Gasteiger partial charge in [-0.25, -0.2) is 8.42 Å². The van der Waals surface area contributed by atoms with E-state index in [0.29, 0.717) is 18.8 Å². The molecule has 2 heterocycles. The van der Waals surface area contributed by atoms with Gasteiger partial charge in [0.1, 0.15) is 16.1 Å². The van der Waals surface area contributed by atoms with Gasteiger partial charge in [0.05, 0.1) is 18.2 Å². The smallest absolute Gasteiger partial charge is 0.271 e. The summed E-state index contributed by atoms with van der Waals surface area (Å²) in [6, 6.07) is 17.7. The summed E-state index contributed by atoms with van der Waals surface area (Å²) < 4.78 is 34.7. The van der Waals surface area contributed by atoms with E-state index in [-0.39, 0.29) is 40.0 Å². The van der Waals surface area contributed by atoms with Gasteiger partial charge < -0.3 is 14.7 Å². The van der Waals surface area contributed by atoms with E-state index in [1.165, 1.54) is 17.7 Å². The van der Waals surface area contributed by atoms with Crippen LogP contribution in [0.1, 0.15) is 29.8 Å². The van der Waals surface area contributed by atoms with Crippen LogP contribution < -0.4 is 9.46 Å². The van der Waals surface area contributed by atoms with E-state index >= 15 is 0 Å². The number of anilines is 1. The zero-order chi connectivity index (χ0) is 26.6. The summed E-state index contributed by atoms with van der Waals surface area (Å²) in [5, 5.41) is 11.6. The Morgan fingerprint density at radius 2 is 1.95 bits per heavy atom. The summed E-state index contributed by atoms with van der Waals surface area (Å²) in [5.41, 5.74) is 1.72. The largest absolute Gasteiger partial charge is 0.488 e. The van der Waals surface area contributed by atoms with Gasteiger partial charge in [-0.1, -0.05) is 43.3 Å². The van der Waals surface area contributed by atoms with Gasteiger partial charge in [-0.15, -0.1) is 11.3 Å². The summed E-state index contributed by atoms with van der Waals surface area (Å²) in [6.45, 7) is 5.43. The van der Waals surface area contributed by atoms with Crippen molar-refractivity contribution in [2.24, 2.45) is 5.92 Å². The highest BCUT2D eigenvalue weighted by Gasteiger charge is 2.33. The Kier molecular flexibility index (Phi) is 8.53. The second-order valence-corrected chi connectivity index (χ2v) is 12.4. The fourth-order valence-electron chi connectivity index (χ4n) is 4.39. The third kappa shape index (κ3) is 6.51. The molecule has 0 unspecified atom stereocenters. The number of nitrogens with one attached hydrogen (secondary N) is 1. The van der Waals surface area contributed by atoms with Crippen LogP contribution in [0.5, 0.6) is 5.75 Å². The molecule has 3 aromatic rings. The van der Waals surface area contributed by atoms with Crippen molar-refractivity contribution in [2.75, 3.05) is 31.5 Å². The van der Waals surface area contributed by atoms with Gasteiger partial charge in [0, 0.05) is 31.2 Å². The molecule has 1 aromatic heterocycles. The average Bonchev–Trinajstić information content (AvgIpc) is 3.43. The van der Waals surface area contributed by atoms with Gasteiger partial charge in [0.15, 0.2) is 0 Å². The van der Waals surface area contributed by atoms with Crippen LogP contribution >= 0.6 is 11.3 Å². The van der Waals surface area contributed by atoms with Crippen LogP contribution in [-0.2, 0) is 16.6 Å². The second kappa shape index (κ2) is 11.6. The van der Waals surface area contributed by atoms with Gasteiger partial charge >= 0.3 is 0 Å².